The first-order valence-corrected chi connectivity index (χ1v) is 8.04. The maximum Gasteiger partial charge on any atom is 0.0850 e. The molecular formula is C20H18N2. The lowest BCUT2D eigenvalue weighted by atomic mass is 9.87. The van der Waals surface area contributed by atoms with Crippen LogP contribution < -0.4 is 4.90 Å². The Hall–Kier alpha value is -2.48. The van der Waals surface area contributed by atoms with Gasteiger partial charge in [-0.2, -0.15) is 0 Å². The second-order valence-electron chi connectivity index (χ2n) is 6.21. The van der Waals surface area contributed by atoms with E-state index < -0.39 is 0 Å². The average molecular weight is 286 g/mol. The molecule has 0 bridgehead atoms. The fraction of sp³-hybridized carbons (Fsp3) is 0.200. The van der Waals surface area contributed by atoms with Gasteiger partial charge < -0.3 is 9.88 Å². The number of allylic oxidation sites excluding steroid dienone is 3. The van der Waals surface area contributed by atoms with Gasteiger partial charge in [0.25, 0.3) is 0 Å². The Morgan fingerprint density at radius 1 is 1.05 bits per heavy atom. The number of H-pyrrole nitrogens is 1. The zero-order valence-electron chi connectivity index (χ0n) is 12.4. The molecule has 2 nitrogen and oxygen atoms in total. The van der Waals surface area contributed by atoms with Crippen LogP contribution in [0.5, 0.6) is 0 Å². The number of para-hydroxylation sites is 1. The molecule has 1 aromatic heterocycles. The topological polar surface area (TPSA) is 19.0 Å². The highest BCUT2D eigenvalue weighted by Crippen LogP contribution is 2.54. The van der Waals surface area contributed by atoms with Crippen LogP contribution in [0.25, 0.3) is 6.08 Å². The molecular weight excluding hydrogens is 268 g/mol. The number of rotatable bonds is 1. The predicted octanol–water partition coefficient (Wildman–Crippen LogP) is 4.92. The van der Waals surface area contributed by atoms with Crippen molar-refractivity contribution in [2.75, 3.05) is 4.90 Å². The fourth-order valence-corrected chi connectivity index (χ4v) is 4.07. The van der Waals surface area contributed by atoms with Crippen molar-refractivity contribution in [2.24, 2.45) is 0 Å². The van der Waals surface area contributed by atoms with Gasteiger partial charge in [-0.15, -0.1) is 0 Å². The number of nitrogens with zero attached hydrogens (tertiary/aromatic N) is 1. The van der Waals surface area contributed by atoms with Crippen LogP contribution in [0.2, 0.25) is 0 Å². The van der Waals surface area contributed by atoms with E-state index in [4.69, 9.17) is 0 Å². The molecule has 5 rings (SSSR count). The maximum atomic E-state index is 3.49. The smallest absolute Gasteiger partial charge is 0.0850 e. The summed E-state index contributed by atoms with van der Waals surface area (Å²) in [4.78, 5) is 6.01. The Labute approximate surface area is 130 Å². The highest BCUT2D eigenvalue weighted by molar-refractivity contribution is 5.74. The summed E-state index contributed by atoms with van der Waals surface area (Å²) in [5, 5.41) is 0. The van der Waals surface area contributed by atoms with Crippen molar-refractivity contribution in [2.45, 2.75) is 24.8 Å². The summed E-state index contributed by atoms with van der Waals surface area (Å²) in [5.41, 5.74) is 6.77. The molecule has 0 saturated heterocycles. The summed E-state index contributed by atoms with van der Waals surface area (Å²) in [6.45, 7) is 0. The molecule has 3 aliphatic rings. The van der Waals surface area contributed by atoms with E-state index in [1.54, 1.807) is 0 Å². The van der Waals surface area contributed by atoms with Crippen LogP contribution in [-0.2, 0) is 0 Å². The Morgan fingerprint density at radius 3 is 2.91 bits per heavy atom. The minimum atomic E-state index is 0.349. The summed E-state index contributed by atoms with van der Waals surface area (Å²) < 4.78 is 0. The first kappa shape index (κ1) is 12.1. The van der Waals surface area contributed by atoms with E-state index in [1.165, 1.54) is 28.2 Å². The van der Waals surface area contributed by atoms with Crippen LogP contribution in [0.1, 0.15) is 41.6 Å². The molecule has 0 amide bonds. The molecule has 1 aliphatic heterocycles. The minimum absolute atomic E-state index is 0.349. The SMILES string of the molecule is C1=CC(N2c3ccccc3C3C=Cc4cc[nH]c4C32)=CCC1. The van der Waals surface area contributed by atoms with Crippen molar-refractivity contribution in [3.05, 3.63) is 83.4 Å². The monoisotopic (exact) mass is 286 g/mol. The summed E-state index contributed by atoms with van der Waals surface area (Å²) in [6, 6.07) is 11.4. The number of fused-ring (bicyclic) bond motifs is 5. The van der Waals surface area contributed by atoms with Gasteiger partial charge in [0.2, 0.25) is 0 Å². The van der Waals surface area contributed by atoms with E-state index in [1.807, 2.05) is 0 Å². The molecule has 2 heteroatoms. The Bertz CT molecular complexity index is 822. The number of aromatic amines is 1. The van der Waals surface area contributed by atoms with Gasteiger partial charge in [-0.1, -0.05) is 42.5 Å². The summed E-state index contributed by atoms with van der Waals surface area (Å²) >= 11 is 0. The molecule has 2 aromatic rings. The lowest BCUT2D eigenvalue weighted by Crippen LogP contribution is -2.27. The van der Waals surface area contributed by atoms with E-state index >= 15 is 0 Å². The van der Waals surface area contributed by atoms with Gasteiger partial charge in [0.05, 0.1) is 6.04 Å². The predicted molar refractivity (Wildman–Crippen MR) is 90.7 cm³/mol. The summed E-state index contributed by atoms with van der Waals surface area (Å²) in [5.74, 6) is 0.429. The van der Waals surface area contributed by atoms with Gasteiger partial charge in [-0.3, -0.25) is 0 Å². The Balaban J connectivity index is 1.73. The third-order valence-electron chi connectivity index (χ3n) is 5.02. The molecule has 22 heavy (non-hydrogen) atoms. The van der Waals surface area contributed by atoms with Crippen LogP contribution in [0.15, 0.2) is 66.5 Å². The van der Waals surface area contributed by atoms with E-state index in [-0.39, 0.29) is 0 Å². The molecule has 1 aromatic carbocycles. The van der Waals surface area contributed by atoms with E-state index in [0.29, 0.717) is 12.0 Å². The number of anilines is 1. The highest BCUT2D eigenvalue weighted by atomic mass is 15.2. The second-order valence-corrected chi connectivity index (χ2v) is 6.21. The first-order valence-electron chi connectivity index (χ1n) is 8.04. The zero-order chi connectivity index (χ0) is 14.5. The van der Waals surface area contributed by atoms with Crippen LogP contribution in [0.3, 0.4) is 0 Å². The molecule has 1 N–H and O–H groups in total. The van der Waals surface area contributed by atoms with Gasteiger partial charge in [0, 0.05) is 29.2 Å². The molecule has 2 aliphatic carbocycles. The third kappa shape index (κ3) is 1.55. The molecule has 2 heterocycles. The number of hydrogen-bond donors (Lipinski definition) is 1. The van der Waals surface area contributed by atoms with Crippen LogP contribution in [-0.4, -0.2) is 4.98 Å². The number of aromatic nitrogens is 1. The van der Waals surface area contributed by atoms with Crippen LogP contribution in [0, 0.1) is 0 Å². The lowest BCUT2D eigenvalue weighted by molar-refractivity contribution is 0.635. The summed E-state index contributed by atoms with van der Waals surface area (Å²) in [6.07, 6.45) is 15.9. The molecule has 108 valence electrons. The van der Waals surface area contributed by atoms with Gasteiger partial charge in [-0.05, 0) is 42.2 Å². The number of benzene rings is 1. The van der Waals surface area contributed by atoms with Crippen molar-refractivity contribution in [1.82, 2.24) is 4.98 Å². The van der Waals surface area contributed by atoms with Crippen molar-refractivity contribution in [3.8, 4) is 0 Å². The fourth-order valence-electron chi connectivity index (χ4n) is 4.07. The number of nitrogens with one attached hydrogen (secondary N) is 1. The normalized spacial score (nSPS) is 24.7. The third-order valence-corrected chi connectivity index (χ3v) is 5.02. The number of hydrogen-bond acceptors (Lipinski definition) is 1. The molecule has 2 atom stereocenters. The Morgan fingerprint density at radius 2 is 2.00 bits per heavy atom. The Kier molecular flexibility index (Phi) is 2.48. The van der Waals surface area contributed by atoms with Gasteiger partial charge >= 0.3 is 0 Å². The van der Waals surface area contributed by atoms with Crippen LogP contribution in [0.4, 0.5) is 5.69 Å². The standard InChI is InChI=1S/C20H18N2/c1-2-6-15(7-3-1)22-18-9-5-4-8-16(18)17-11-10-14-12-13-21-19(14)20(17)22/h2,4-13,17,20-21H,1,3H2. The molecule has 0 spiro atoms. The highest BCUT2D eigenvalue weighted by Gasteiger charge is 2.42. The molecule has 0 radical (unpaired) electrons. The molecule has 2 unspecified atom stereocenters. The minimum Gasteiger partial charge on any atom is -0.363 e. The van der Waals surface area contributed by atoms with Crippen molar-refractivity contribution in [3.63, 3.8) is 0 Å². The van der Waals surface area contributed by atoms with Crippen molar-refractivity contribution in [1.29, 1.82) is 0 Å². The van der Waals surface area contributed by atoms with Crippen molar-refractivity contribution < 1.29 is 0 Å². The molecule has 0 fully saturated rings. The summed E-state index contributed by atoms with van der Waals surface area (Å²) in [7, 11) is 0. The quantitative estimate of drug-likeness (QED) is 0.788. The van der Waals surface area contributed by atoms with E-state index in [9.17, 15) is 0 Å². The lowest BCUT2D eigenvalue weighted by Gasteiger charge is -2.33. The van der Waals surface area contributed by atoms with Gasteiger partial charge in [0.15, 0.2) is 0 Å². The largest absolute Gasteiger partial charge is 0.363 e. The van der Waals surface area contributed by atoms with Gasteiger partial charge in [-0.25, -0.2) is 0 Å². The zero-order valence-corrected chi connectivity index (χ0v) is 12.4. The van der Waals surface area contributed by atoms with E-state index in [0.717, 1.165) is 12.8 Å². The molecule has 0 saturated carbocycles. The van der Waals surface area contributed by atoms with Crippen LogP contribution >= 0.6 is 0 Å². The maximum absolute atomic E-state index is 3.49. The first-order chi connectivity index (χ1) is 10.9. The second kappa shape index (κ2) is 4.51. The van der Waals surface area contributed by atoms with E-state index in [2.05, 4.69) is 76.8 Å². The average Bonchev–Trinajstić information content (AvgIpc) is 3.17. The van der Waals surface area contributed by atoms with Gasteiger partial charge in [0.1, 0.15) is 0 Å². The van der Waals surface area contributed by atoms with Crippen molar-refractivity contribution >= 4 is 11.8 Å².